The van der Waals surface area contributed by atoms with Gasteiger partial charge in [-0.25, -0.2) is 4.98 Å². The highest BCUT2D eigenvalue weighted by Crippen LogP contribution is 2.23. The molecule has 0 N–H and O–H groups in total. The second-order valence-corrected chi connectivity index (χ2v) is 5.72. The normalized spacial score (nSPS) is 11.3. The third-order valence-corrected chi connectivity index (χ3v) is 3.62. The van der Waals surface area contributed by atoms with Crippen molar-refractivity contribution >= 4 is 5.65 Å². The number of aryl methyl sites for hydroxylation is 1. The van der Waals surface area contributed by atoms with Crippen LogP contribution < -0.4 is 4.74 Å². The fraction of sp³-hybridized carbons (Fsp3) is 0.278. The molecule has 2 heterocycles. The topological polar surface area (TPSA) is 29.8 Å². The van der Waals surface area contributed by atoms with Crippen molar-refractivity contribution < 1.29 is 4.74 Å². The summed E-state index contributed by atoms with van der Waals surface area (Å²) in [6, 6.07) is 14.2. The van der Waals surface area contributed by atoms with Gasteiger partial charge in [-0.15, -0.1) is 0 Å². The smallest absolute Gasteiger partial charge is 0.180 e. The second kappa shape index (κ2) is 6.20. The fourth-order valence-electron chi connectivity index (χ4n) is 2.54. The van der Waals surface area contributed by atoms with E-state index in [0.29, 0.717) is 6.61 Å². The van der Waals surface area contributed by atoms with Crippen LogP contribution in [0.15, 0.2) is 48.7 Å². The summed E-state index contributed by atoms with van der Waals surface area (Å²) in [7, 11) is 4.13. The maximum atomic E-state index is 5.98. The van der Waals surface area contributed by atoms with E-state index in [9.17, 15) is 0 Å². The Hall–Kier alpha value is -2.33. The first kappa shape index (κ1) is 14.6. The number of fused-ring (bicyclic) bond motifs is 1. The fourth-order valence-corrected chi connectivity index (χ4v) is 2.54. The molecule has 0 amide bonds. The van der Waals surface area contributed by atoms with Crippen molar-refractivity contribution in [3.63, 3.8) is 0 Å². The van der Waals surface area contributed by atoms with Crippen LogP contribution in [0, 0.1) is 6.92 Å². The van der Waals surface area contributed by atoms with Gasteiger partial charge in [-0.2, -0.15) is 0 Å². The van der Waals surface area contributed by atoms with Crippen molar-refractivity contribution in [1.82, 2.24) is 14.3 Å². The van der Waals surface area contributed by atoms with E-state index in [-0.39, 0.29) is 0 Å². The summed E-state index contributed by atoms with van der Waals surface area (Å²) in [5, 5.41) is 0. The molecule has 1 aromatic carbocycles. The van der Waals surface area contributed by atoms with Gasteiger partial charge >= 0.3 is 0 Å². The molecule has 0 aliphatic rings. The van der Waals surface area contributed by atoms with Gasteiger partial charge in [0.05, 0.1) is 11.4 Å². The predicted molar refractivity (Wildman–Crippen MR) is 88.1 cm³/mol. The lowest BCUT2D eigenvalue weighted by Gasteiger charge is -2.11. The molecule has 0 saturated carbocycles. The number of imidazole rings is 1. The summed E-state index contributed by atoms with van der Waals surface area (Å²) >= 11 is 0. The SMILES string of the molecule is Cc1nc2c(OCc3ccccc3)cccn2c1CN(C)C. The van der Waals surface area contributed by atoms with Gasteiger partial charge < -0.3 is 9.64 Å². The summed E-state index contributed by atoms with van der Waals surface area (Å²) in [4.78, 5) is 6.84. The predicted octanol–water partition coefficient (Wildman–Crippen LogP) is 3.28. The largest absolute Gasteiger partial charge is 0.485 e. The lowest BCUT2D eigenvalue weighted by atomic mass is 10.2. The monoisotopic (exact) mass is 295 g/mol. The maximum Gasteiger partial charge on any atom is 0.180 e. The van der Waals surface area contributed by atoms with Gasteiger partial charge in [0.15, 0.2) is 11.4 Å². The lowest BCUT2D eigenvalue weighted by Crippen LogP contribution is -2.13. The Morgan fingerprint density at radius 1 is 1.09 bits per heavy atom. The van der Waals surface area contributed by atoms with E-state index in [0.717, 1.165) is 29.2 Å². The van der Waals surface area contributed by atoms with Crippen molar-refractivity contribution in [2.45, 2.75) is 20.1 Å². The Balaban J connectivity index is 1.90. The van der Waals surface area contributed by atoms with E-state index in [2.05, 4.69) is 40.5 Å². The number of aromatic nitrogens is 2. The van der Waals surface area contributed by atoms with Crippen molar-refractivity contribution in [3.8, 4) is 5.75 Å². The Labute approximate surface area is 131 Å². The lowest BCUT2D eigenvalue weighted by molar-refractivity contribution is 0.308. The van der Waals surface area contributed by atoms with Crippen LogP contribution in [0.5, 0.6) is 5.75 Å². The molecule has 0 bridgehead atoms. The first-order valence-electron chi connectivity index (χ1n) is 7.43. The highest BCUT2D eigenvalue weighted by Gasteiger charge is 2.13. The van der Waals surface area contributed by atoms with Gasteiger partial charge in [-0.1, -0.05) is 30.3 Å². The first-order chi connectivity index (χ1) is 10.6. The number of hydrogen-bond donors (Lipinski definition) is 0. The van der Waals surface area contributed by atoms with E-state index < -0.39 is 0 Å². The third kappa shape index (κ3) is 2.97. The third-order valence-electron chi connectivity index (χ3n) is 3.62. The van der Waals surface area contributed by atoms with Crippen LogP contribution >= 0.6 is 0 Å². The molecule has 3 aromatic rings. The molecule has 0 spiro atoms. The van der Waals surface area contributed by atoms with E-state index in [4.69, 9.17) is 4.74 Å². The Bertz CT molecular complexity index is 763. The Kier molecular flexibility index (Phi) is 4.11. The van der Waals surface area contributed by atoms with Crippen molar-refractivity contribution in [2.24, 2.45) is 0 Å². The molecule has 0 saturated heterocycles. The second-order valence-electron chi connectivity index (χ2n) is 5.72. The molecule has 3 rings (SSSR count). The minimum atomic E-state index is 0.551. The van der Waals surface area contributed by atoms with Crippen LogP contribution in [-0.2, 0) is 13.2 Å². The zero-order valence-corrected chi connectivity index (χ0v) is 13.3. The van der Waals surface area contributed by atoms with Crippen LogP contribution in [0.2, 0.25) is 0 Å². The first-order valence-corrected chi connectivity index (χ1v) is 7.43. The number of nitrogens with zero attached hydrogens (tertiary/aromatic N) is 3. The van der Waals surface area contributed by atoms with Crippen molar-refractivity contribution in [3.05, 3.63) is 65.6 Å². The van der Waals surface area contributed by atoms with Crippen molar-refractivity contribution in [1.29, 1.82) is 0 Å². The average molecular weight is 295 g/mol. The van der Waals surface area contributed by atoms with Gasteiger partial charge in [-0.3, -0.25) is 4.40 Å². The summed E-state index contributed by atoms with van der Waals surface area (Å²) < 4.78 is 8.10. The standard InChI is InChI=1S/C18H21N3O/c1-14-16(12-20(2)3)21-11-7-10-17(18(21)19-14)22-13-15-8-5-4-6-9-15/h4-11H,12-13H2,1-3H3. The molecule has 0 aliphatic heterocycles. The molecule has 2 aromatic heterocycles. The minimum absolute atomic E-state index is 0.551. The summed E-state index contributed by atoms with van der Waals surface area (Å²) in [5.74, 6) is 0.819. The van der Waals surface area contributed by atoms with Crippen LogP contribution in [0.1, 0.15) is 17.0 Å². The van der Waals surface area contributed by atoms with Crippen LogP contribution in [-0.4, -0.2) is 28.4 Å². The van der Waals surface area contributed by atoms with Crippen LogP contribution in [0.3, 0.4) is 0 Å². The molecular weight excluding hydrogens is 274 g/mol. The zero-order chi connectivity index (χ0) is 15.5. The molecule has 0 fully saturated rings. The van der Waals surface area contributed by atoms with E-state index >= 15 is 0 Å². The highest BCUT2D eigenvalue weighted by atomic mass is 16.5. The number of pyridine rings is 1. The van der Waals surface area contributed by atoms with Gasteiger partial charge in [-0.05, 0) is 38.7 Å². The summed E-state index contributed by atoms with van der Waals surface area (Å²) in [6.45, 7) is 3.46. The summed E-state index contributed by atoms with van der Waals surface area (Å²) in [5.41, 5.74) is 4.28. The molecule has 0 aliphatic carbocycles. The van der Waals surface area contributed by atoms with Crippen LogP contribution in [0.25, 0.3) is 5.65 Å². The summed E-state index contributed by atoms with van der Waals surface area (Å²) in [6.07, 6.45) is 2.05. The zero-order valence-electron chi connectivity index (χ0n) is 13.3. The maximum absolute atomic E-state index is 5.98. The molecule has 0 atom stereocenters. The van der Waals surface area contributed by atoms with Crippen molar-refractivity contribution in [2.75, 3.05) is 14.1 Å². The van der Waals surface area contributed by atoms with Gasteiger partial charge in [0.2, 0.25) is 0 Å². The molecule has 0 unspecified atom stereocenters. The van der Waals surface area contributed by atoms with E-state index in [1.54, 1.807) is 0 Å². The minimum Gasteiger partial charge on any atom is -0.485 e. The molecule has 114 valence electrons. The van der Waals surface area contributed by atoms with Gasteiger partial charge in [0.1, 0.15) is 6.61 Å². The highest BCUT2D eigenvalue weighted by molar-refractivity contribution is 5.56. The average Bonchev–Trinajstić information content (AvgIpc) is 2.82. The Morgan fingerprint density at radius 2 is 1.86 bits per heavy atom. The number of benzene rings is 1. The van der Waals surface area contributed by atoms with E-state index in [1.165, 1.54) is 5.69 Å². The van der Waals surface area contributed by atoms with Gasteiger partial charge in [0.25, 0.3) is 0 Å². The molecule has 4 heteroatoms. The molecular formula is C18H21N3O. The van der Waals surface area contributed by atoms with Crippen LogP contribution in [0.4, 0.5) is 0 Å². The quantitative estimate of drug-likeness (QED) is 0.723. The molecule has 22 heavy (non-hydrogen) atoms. The van der Waals surface area contributed by atoms with Gasteiger partial charge in [0, 0.05) is 12.7 Å². The number of rotatable bonds is 5. The molecule has 0 radical (unpaired) electrons. The Morgan fingerprint density at radius 3 is 2.59 bits per heavy atom. The number of ether oxygens (including phenoxy) is 1. The number of hydrogen-bond acceptors (Lipinski definition) is 3. The van der Waals surface area contributed by atoms with E-state index in [1.807, 2.05) is 43.5 Å². The molecule has 4 nitrogen and oxygen atoms in total.